The van der Waals surface area contributed by atoms with Crippen molar-refractivity contribution >= 4 is 11.6 Å². The van der Waals surface area contributed by atoms with Crippen LogP contribution in [-0.2, 0) is 6.54 Å². The van der Waals surface area contributed by atoms with E-state index in [-0.39, 0.29) is 0 Å². The fourth-order valence-electron chi connectivity index (χ4n) is 2.74. The largest absolute Gasteiger partial charge is 0.492 e. The van der Waals surface area contributed by atoms with Crippen molar-refractivity contribution in [2.75, 3.05) is 13.2 Å². The number of hydrogen-bond donors (Lipinski definition) is 1. The molecular weight excluding hydrogens is 334 g/mol. The SMILES string of the molecule is Cc1nn(-c2ccccc2)c(C)c1CNCCOc1ccc(Cl)cc1. The Kier molecular flexibility index (Phi) is 5.74. The van der Waals surface area contributed by atoms with Gasteiger partial charge in [0, 0.05) is 29.4 Å². The lowest BCUT2D eigenvalue weighted by atomic mass is 10.2. The van der Waals surface area contributed by atoms with Crippen LogP contribution in [0, 0.1) is 13.8 Å². The highest BCUT2D eigenvalue weighted by atomic mass is 35.5. The third-order valence-corrected chi connectivity index (χ3v) is 4.36. The Hall–Kier alpha value is -2.30. The van der Waals surface area contributed by atoms with Gasteiger partial charge in [-0.3, -0.25) is 0 Å². The summed E-state index contributed by atoms with van der Waals surface area (Å²) < 4.78 is 7.69. The van der Waals surface area contributed by atoms with E-state index in [4.69, 9.17) is 16.3 Å². The van der Waals surface area contributed by atoms with Crippen molar-refractivity contribution in [1.82, 2.24) is 15.1 Å². The van der Waals surface area contributed by atoms with Crippen molar-refractivity contribution in [2.24, 2.45) is 0 Å². The van der Waals surface area contributed by atoms with Crippen molar-refractivity contribution < 1.29 is 4.74 Å². The van der Waals surface area contributed by atoms with Gasteiger partial charge in [-0.05, 0) is 50.2 Å². The molecule has 0 amide bonds. The Balaban J connectivity index is 1.53. The maximum Gasteiger partial charge on any atom is 0.119 e. The van der Waals surface area contributed by atoms with Gasteiger partial charge in [-0.15, -0.1) is 0 Å². The zero-order valence-corrected chi connectivity index (χ0v) is 15.3. The van der Waals surface area contributed by atoms with Crippen LogP contribution in [0.4, 0.5) is 0 Å². The Morgan fingerprint density at radius 2 is 1.76 bits per heavy atom. The van der Waals surface area contributed by atoms with Gasteiger partial charge in [-0.2, -0.15) is 5.10 Å². The van der Waals surface area contributed by atoms with E-state index in [1.165, 1.54) is 5.56 Å². The normalized spacial score (nSPS) is 10.8. The van der Waals surface area contributed by atoms with Gasteiger partial charge in [0.15, 0.2) is 0 Å². The number of nitrogens with zero attached hydrogens (tertiary/aromatic N) is 2. The monoisotopic (exact) mass is 355 g/mol. The molecule has 0 saturated carbocycles. The molecule has 3 rings (SSSR count). The van der Waals surface area contributed by atoms with Crippen molar-refractivity contribution in [1.29, 1.82) is 0 Å². The van der Waals surface area contributed by atoms with E-state index < -0.39 is 0 Å². The molecular formula is C20H22ClN3O. The number of nitrogens with one attached hydrogen (secondary N) is 1. The summed E-state index contributed by atoms with van der Waals surface area (Å²) in [6, 6.07) is 17.6. The zero-order chi connectivity index (χ0) is 17.6. The molecule has 0 aliphatic rings. The fourth-order valence-corrected chi connectivity index (χ4v) is 2.86. The topological polar surface area (TPSA) is 39.1 Å². The quantitative estimate of drug-likeness (QED) is 0.642. The molecule has 1 N–H and O–H groups in total. The summed E-state index contributed by atoms with van der Waals surface area (Å²) in [5, 5.41) is 8.81. The molecule has 0 unspecified atom stereocenters. The summed E-state index contributed by atoms with van der Waals surface area (Å²) in [5.41, 5.74) is 4.53. The molecule has 0 fully saturated rings. The van der Waals surface area contributed by atoms with E-state index in [9.17, 15) is 0 Å². The van der Waals surface area contributed by atoms with E-state index in [1.54, 1.807) is 0 Å². The van der Waals surface area contributed by atoms with Gasteiger partial charge in [0.05, 0.1) is 11.4 Å². The third kappa shape index (κ3) is 4.41. The van der Waals surface area contributed by atoms with E-state index >= 15 is 0 Å². The highest BCUT2D eigenvalue weighted by Crippen LogP contribution is 2.18. The third-order valence-electron chi connectivity index (χ3n) is 4.10. The maximum absolute atomic E-state index is 5.86. The molecule has 25 heavy (non-hydrogen) atoms. The van der Waals surface area contributed by atoms with E-state index in [2.05, 4.69) is 29.5 Å². The number of para-hydroxylation sites is 1. The van der Waals surface area contributed by atoms with E-state index in [1.807, 2.05) is 54.1 Å². The van der Waals surface area contributed by atoms with Crippen LogP contribution in [0.5, 0.6) is 5.75 Å². The first-order valence-corrected chi connectivity index (χ1v) is 8.72. The van der Waals surface area contributed by atoms with E-state index in [0.717, 1.165) is 35.9 Å². The average Bonchev–Trinajstić information content (AvgIpc) is 2.92. The second-order valence-electron chi connectivity index (χ2n) is 5.88. The molecule has 3 aromatic rings. The Labute approximate surface area is 153 Å². The number of aryl methyl sites for hydroxylation is 1. The fraction of sp³-hybridized carbons (Fsp3) is 0.250. The minimum absolute atomic E-state index is 0.604. The molecule has 0 aliphatic heterocycles. The molecule has 0 radical (unpaired) electrons. The first-order chi connectivity index (χ1) is 12.1. The molecule has 4 nitrogen and oxygen atoms in total. The second-order valence-corrected chi connectivity index (χ2v) is 6.31. The second kappa shape index (κ2) is 8.19. The van der Waals surface area contributed by atoms with Crippen LogP contribution in [0.3, 0.4) is 0 Å². The number of aromatic nitrogens is 2. The first kappa shape index (κ1) is 17.5. The summed E-state index contributed by atoms with van der Waals surface area (Å²) in [6.45, 7) is 6.29. The molecule has 1 heterocycles. The maximum atomic E-state index is 5.86. The van der Waals surface area contributed by atoms with Crippen LogP contribution in [0.2, 0.25) is 5.02 Å². The van der Waals surface area contributed by atoms with Gasteiger partial charge in [0.1, 0.15) is 12.4 Å². The van der Waals surface area contributed by atoms with Gasteiger partial charge in [0.2, 0.25) is 0 Å². The molecule has 1 aromatic heterocycles. The highest BCUT2D eigenvalue weighted by Gasteiger charge is 2.12. The lowest BCUT2D eigenvalue weighted by molar-refractivity contribution is 0.313. The van der Waals surface area contributed by atoms with Crippen molar-refractivity contribution in [3.63, 3.8) is 0 Å². The minimum atomic E-state index is 0.604. The summed E-state index contributed by atoms with van der Waals surface area (Å²) in [5.74, 6) is 0.829. The van der Waals surface area contributed by atoms with Crippen molar-refractivity contribution in [3.05, 3.63) is 76.6 Å². The molecule has 0 aliphatic carbocycles. The van der Waals surface area contributed by atoms with Crippen molar-refractivity contribution in [3.8, 4) is 11.4 Å². The highest BCUT2D eigenvalue weighted by molar-refractivity contribution is 6.30. The number of hydrogen-bond acceptors (Lipinski definition) is 3. The van der Waals surface area contributed by atoms with Crippen LogP contribution in [-0.4, -0.2) is 22.9 Å². The van der Waals surface area contributed by atoms with Crippen LogP contribution in [0.15, 0.2) is 54.6 Å². The Morgan fingerprint density at radius 1 is 1.04 bits per heavy atom. The van der Waals surface area contributed by atoms with Gasteiger partial charge < -0.3 is 10.1 Å². The summed E-state index contributed by atoms with van der Waals surface area (Å²) in [4.78, 5) is 0. The molecule has 5 heteroatoms. The lowest BCUT2D eigenvalue weighted by Gasteiger charge is -2.08. The van der Waals surface area contributed by atoms with Gasteiger partial charge in [-0.25, -0.2) is 4.68 Å². The van der Waals surface area contributed by atoms with Gasteiger partial charge >= 0.3 is 0 Å². The number of halogens is 1. The standard InChI is InChI=1S/C20H22ClN3O/c1-15-20(16(2)24(23-15)18-6-4-3-5-7-18)14-22-12-13-25-19-10-8-17(21)9-11-19/h3-11,22H,12-14H2,1-2H3. The smallest absolute Gasteiger partial charge is 0.119 e. The Morgan fingerprint density at radius 3 is 2.48 bits per heavy atom. The molecule has 0 saturated heterocycles. The average molecular weight is 356 g/mol. The summed E-state index contributed by atoms with van der Waals surface area (Å²) >= 11 is 5.86. The summed E-state index contributed by atoms with van der Waals surface area (Å²) in [7, 11) is 0. The molecule has 0 bridgehead atoms. The lowest BCUT2D eigenvalue weighted by Crippen LogP contribution is -2.21. The Bertz CT molecular complexity index is 813. The minimum Gasteiger partial charge on any atom is -0.492 e. The zero-order valence-electron chi connectivity index (χ0n) is 14.5. The molecule has 130 valence electrons. The van der Waals surface area contributed by atoms with Crippen LogP contribution in [0.1, 0.15) is 17.0 Å². The van der Waals surface area contributed by atoms with Crippen molar-refractivity contribution in [2.45, 2.75) is 20.4 Å². The molecule has 0 atom stereocenters. The number of benzene rings is 2. The van der Waals surface area contributed by atoms with Gasteiger partial charge in [-0.1, -0.05) is 29.8 Å². The molecule has 2 aromatic carbocycles. The first-order valence-electron chi connectivity index (χ1n) is 8.35. The summed E-state index contributed by atoms with van der Waals surface area (Å²) in [6.07, 6.45) is 0. The molecule has 0 spiro atoms. The van der Waals surface area contributed by atoms with Gasteiger partial charge in [0.25, 0.3) is 0 Å². The van der Waals surface area contributed by atoms with E-state index in [0.29, 0.717) is 11.6 Å². The van der Waals surface area contributed by atoms with Crippen LogP contribution < -0.4 is 10.1 Å². The predicted molar refractivity (Wildman–Crippen MR) is 102 cm³/mol. The number of ether oxygens (including phenoxy) is 1. The number of rotatable bonds is 7. The van der Waals surface area contributed by atoms with Crippen LogP contribution >= 0.6 is 11.6 Å². The predicted octanol–water partition coefficient (Wildman–Crippen LogP) is 4.31. The van der Waals surface area contributed by atoms with Crippen LogP contribution in [0.25, 0.3) is 5.69 Å².